The largest absolute Gasteiger partial charge is 0.497 e. The van der Waals surface area contributed by atoms with Gasteiger partial charge in [0.15, 0.2) is 0 Å². The molecule has 1 aromatic rings. The van der Waals surface area contributed by atoms with Gasteiger partial charge in [-0.05, 0) is 61.4 Å². The fourth-order valence-corrected chi connectivity index (χ4v) is 4.21. The van der Waals surface area contributed by atoms with Crippen LogP contribution < -0.4 is 4.74 Å². The van der Waals surface area contributed by atoms with Gasteiger partial charge < -0.3 is 9.84 Å². The third kappa shape index (κ3) is 2.85. The summed E-state index contributed by atoms with van der Waals surface area (Å²) >= 11 is 0. The number of rotatable bonds is 8. The van der Waals surface area contributed by atoms with Crippen LogP contribution in [0.3, 0.4) is 0 Å². The average Bonchev–Trinajstić information content (AvgIpc) is 2.80. The third-order valence-corrected chi connectivity index (χ3v) is 5.45. The zero-order valence-electron chi connectivity index (χ0n) is 14.8. The Morgan fingerprint density at radius 2 is 2.13 bits per heavy atom. The van der Waals surface area contributed by atoms with Crippen LogP contribution in [-0.2, 0) is 12.0 Å². The summed E-state index contributed by atoms with van der Waals surface area (Å²) in [6.45, 7) is 12.2. The number of ether oxygens (including phenoxy) is 1. The van der Waals surface area contributed by atoms with Crippen molar-refractivity contribution in [2.45, 2.75) is 58.0 Å². The van der Waals surface area contributed by atoms with Crippen molar-refractivity contribution in [3.63, 3.8) is 0 Å². The van der Waals surface area contributed by atoms with Crippen molar-refractivity contribution in [1.29, 1.82) is 0 Å². The quantitative estimate of drug-likeness (QED) is 0.672. The molecule has 1 N–H and O–H groups in total. The van der Waals surface area contributed by atoms with Gasteiger partial charge in [0.25, 0.3) is 0 Å². The molecule has 0 heterocycles. The molecular weight excluding hydrogens is 284 g/mol. The molecule has 2 nitrogen and oxygen atoms in total. The Morgan fingerprint density at radius 1 is 1.39 bits per heavy atom. The van der Waals surface area contributed by atoms with E-state index in [9.17, 15) is 5.11 Å². The Hall–Kier alpha value is -1.54. The Labute approximate surface area is 140 Å². The van der Waals surface area contributed by atoms with Crippen molar-refractivity contribution in [3.8, 4) is 5.75 Å². The summed E-state index contributed by atoms with van der Waals surface area (Å²) < 4.78 is 5.38. The summed E-state index contributed by atoms with van der Waals surface area (Å²) in [7, 11) is 1.68. The maximum absolute atomic E-state index is 11.8. The molecule has 0 spiro atoms. The highest BCUT2D eigenvalue weighted by molar-refractivity contribution is 5.49. The van der Waals surface area contributed by atoms with E-state index in [1.807, 2.05) is 25.1 Å². The molecule has 2 rings (SSSR count). The highest BCUT2D eigenvalue weighted by atomic mass is 16.5. The van der Waals surface area contributed by atoms with Gasteiger partial charge in [-0.2, -0.15) is 0 Å². The molecule has 1 aromatic carbocycles. The van der Waals surface area contributed by atoms with Crippen LogP contribution in [0.15, 0.2) is 43.0 Å². The minimum atomic E-state index is -0.965. The molecule has 0 radical (unpaired) electrons. The summed E-state index contributed by atoms with van der Waals surface area (Å²) in [6, 6.07) is 6.03. The van der Waals surface area contributed by atoms with E-state index in [1.165, 1.54) is 5.56 Å². The monoisotopic (exact) mass is 314 g/mol. The number of hydrogen-bond acceptors (Lipinski definition) is 2. The van der Waals surface area contributed by atoms with E-state index in [-0.39, 0.29) is 5.41 Å². The first-order valence-electron chi connectivity index (χ1n) is 8.62. The smallest absolute Gasteiger partial charge is 0.119 e. The topological polar surface area (TPSA) is 29.5 Å². The van der Waals surface area contributed by atoms with Crippen molar-refractivity contribution < 1.29 is 9.84 Å². The molecule has 126 valence electrons. The summed E-state index contributed by atoms with van der Waals surface area (Å²) in [4.78, 5) is 0. The lowest BCUT2D eigenvalue weighted by molar-refractivity contribution is -0.0574. The second-order valence-electron chi connectivity index (χ2n) is 6.90. The molecule has 1 aliphatic carbocycles. The van der Waals surface area contributed by atoms with E-state index in [0.717, 1.165) is 55.4 Å². The van der Waals surface area contributed by atoms with E-state index < -0.39 is 5.60 Å². The molecule has 2 atom stereocenters. The molecule has 0 saturated heterocycles. The van der Waals surface area contributed by atoms with Crippen molar-refractivity contribution in [3.05, 3.63) is 54.1 Å². The number of allylic oxidation sites excluding steroid dienone is 1. The highest BCUT2D eigenvalue weighted by Crippen LogP contribution is 2.59. The number of benzene rings is 1. The van der Waals surface area contributed by atoms with Crippen LogP contribution in [0.2, 0.25) is 0 Å². The van der Waals surface area contributed by atoms with Gasteiger partial charge in [0, 0.05) is 5.41 Å². The van der Waals surface area contributed by atoms with Crippen molar-refractivity contribution in [1.82, 2.24) is 0 Å². The van der Waals surface area contributed by atoms with Crippen LogP contribution in [0.4, 0.5) is 0 Å². The fourth-order valence-electron chi connectivity index (χ4n) is 4.21. The summed E-state index contributed by atoms with van der Waals surface area (Å²) in [6.07, 6.45) is 7.89. The molecule has 0 amide bonds. The maximum Gasteiger partial charge on any atom is 0.119 e. The summed E-state index contributed by atoms with van der Waals surface area (Å²) in [5.74, 6) is 0.850. The Kier molecular flexibility index (Phi) is 5.36. The van der Waals surface area contributed by atoms with Gasteiger partial charge in [-0.3, -0.25) is 0 Å². The summed E-state index contributed by atoms with van der Waals surface area (Å²) in [5.41, 5.74) is 1.87. The van der Waals surface area contributed by atoms with Gasteiger partial charge in [0.05, 0.1) is 7.11 Å². The number of aliphatic hydroxyl groups is 1. The molecule has 0 aromatic heterocycles. The zero-order chi connectivity index (χ0) is 17.1. The van der Waals surface area contributed by atoms with Gasteiger partial charge >= 0.3 is 0 Å². The molecule has 2 heteroatoms. The van der Waals surface area contributed by atoms with Gasteiger partial charge in [-0.1, -0.05) is 38.5 Å². The van der Waals surface area contributed by atoms with Gasteiger partial charge in [0.1, 0.15) is 11.4 Å². The van der Waals surface area contributed by atoms with Crippen LogP contribution >= 0.6 is 0 Å². The molecule has 2 unspecified atom stereocenters. The van der Waals surface area contributed by atoms with Crippen LogP contribution in [-0.4, -0.2) is 12.2 Å². The Morgan fingerprint density at radius 3 is 2.70 bits per heavy atom. The van der Waals surface area contributed by atoms with Crippen molar-refractivity contribution in [2.24, 2.45) is 5.41 Å². The molecule has 0 bridgehead atoms. The minimum Gasteiger partial charge on any atom is -0.497 e. The predicted octanol–water partition coefficient (Wildman–Crippen LogP) is 5.16. The normalized spacial score (nSPS) is 25.9. The standard InChI is InChI=1S/C21H30O2/c1-6-8-12-20(13-9-7-2)15-17-14-18(23-5)10-11-19(17)21(20,22)16(3)4/h6,10-11,14,22H,1,3,7-9,12-13,15H2,2,4-5H3. The first kappa shape index (κ1) is 17.8. The van der Waals surface area contributed by atoms with E-state index in [0.29, 0.717) is 0 Å². The predicted molar refractivity (Wildman–Crippen MR) is 96.8 cm³/mol. The van der Waals surface area contributed by atoms with Crippen LogP contribution in [0.1, 0.15) is 57.1 Å². The lowest BCUT2D eigenvalue weighted by Crippen LogP contribution is -2.43. The minimum absolute atomic E-state index is 0.197. The molecular formula is C21H30O2. The number of unbranched alkanes of at least 4 members (excludes halogenated alkanes) is 1. The van der Waals surface area contributed by atoms with E-state index >= 15 is 0 Å². The lowest BCUT2D eigenvalue weighted by Gasteiger charge is -2.44. The van der Waals surface area contributed by atoms with Gasteiger partial charge in [-0.15, -0.1) is 6.58 Å². The third-order valence-electron chi connectivity index (χ3n) is 5.45. The highest BCUT2D eigenvalue weighted by Gasteiger charge is 2.56. The molecule has 0 fully saturated rings. The molecule has 0 saturated carbocycles. The summed E-state index contributed by atoms with van der Waals surface area (Å²) in [5, 5.41) is 11.8. The van der Waals surface area contributed by atoms with E-state index in [1.54, 1.807) is 7.11 Å². The fraction of sp³-hybridized carbons (Fsp3) is 0.524. The SMILES string of the molecule is C=CCCC1(CCCC)Cc2cc(OC)ccc2C1(O)C(=C)C. The molecule has 1 aliphatic rings. The van der Waals surface area contributed by atoms with Crippen molar-refractivity contribution in [2.75, 3.05) is 7.11 Å². The Bertz CT molecular complexity index is 590. The van der Waals surface area contributed by atoms with E-state index in [2.05, 4.69) is 26.1 Å². The van der Waals surface area contributed by atoms with Crippen molar-refractivity contribution >= 4 is 0 Å². The maximum atomic E-state index is 11.8. The first-order valence-corrected chi connectivity index (χ1v) is 8.62. The molecule has 0 aliphatic heterocycles. The number of hydrogen-bond donors (Lipinski definition) is 1. The number of methoxy groups -OCH3 is 1. The van der Waals surface area contributed by atoms with E-state index in [4.69, 9.17) is 4.74 Å². The first-order chi connectivity index (χ1) is 10.9. The average molecular weight is 314 g/mol. The Balaban J connectivity index is 2.56. The lowest BCUT2D eigenvalue weighted by atomic mass is 9.64. The molecule has 23 heavy (non-hydrogen) atoms. The number of fused-ring (bicyclic) bond motifs is 1. The van der Waals surface area contributed by atoms with Crippen LogP contribution in [0.25, 0.3) is 0 Å². The second-order valence-corrected chi connectivity index (χ2v) is 6.90. The van der Waals surface area contributed by atoms with Crippen LogP contribution in [0, 0.1) is 5.41 Å². The second kappa shape index (κ2) is 6.92. The van der Waals surface area contributed by atoms with Gasteiger partial charge in [-0.25, -0.2) is 0 Å². The van der Waals surface area contributed by atoms with Crippen LogP contribution in [0.5, 0.6) is 5.75 Å². The zero-order valence-corrected chi connectivity index (χ0v) is 14.8. The van der Waals surface area contributed by atoms with Gasteiger partial charge in [0.2, 0.25) is 0 Å².